The summed E-state index contributed by atoms with van der Waals surface area (Å²) in [5.74, 6) is 2.07. The number of aromatic nitrogens is 1. The van der Waals surface area contributed by atoms with E-state index in [1.165, 1.54) is 29.5 Å². The van der Waals surface area contributed by atoms with Gasteiger partial charge in [0.25, 0.3) is 5.91 Å². The number of benzene rings is 2. The third-order valence-electron chi connectivity index (χ3n) is 7.37. The lowest BCUT2D eigenvalue weighted by Crippen LogP contribution is -2.18. The minimum Gasteiger partial charge on any atom is -0.457 e. The molecule has 3 aromatic rings. The van der Waals surface area contributed by atoms with E-state index >= 15 is 0 Å². The van der Waals surface area contributed by atoms with Crippen LogP contribution in [0.2, 0.25) is 0 Å². The number of aryl methyl sites for hydroxylation is 1. The SMILES string of the molecule is CCC(CCN(C)C)Cc1ccc(C2=Nc3cc(Oc4ccnc(C(=O)NC)c4)ccc3CCC2C)cc1. The standard InChI is InChI=1S/C32H40N4O2/c1-6-23(16-18-36(4)5)19-24-8-11-26(12-9-24)31-22(2)7-10-25-13-14-27(20-29(25)35-31)38-28-15-17-34-30(21-28)32(37)33-3/h8-9,11-15,17,20-23H,6-7,10,16,18-19H2,1-5H3,(H,33,37). The number of nitrogens with one attached hydrogen (secondary N) is 1. The quantitative estimate of drug-likeness (QED) is 0.339. The Kier molecular flexibility index (Phi) is 9.29. The summed E-state index contributed by atoms with van der Waals surface area (Å²) in [6.45, 7) is 5.69. The summed E-state index contributed by atoms with van der Waals surface area (Å²) < 4.78 is 6.09. The minimum absolute atomic E-state index is 0.245. The van der Waals surface area contributed by atoms with Gasteiger partial charge in [-0.3, -0.25) is 14.8 Å². The van der Waals surface area contributed by atoms with Gasteiger partial charge in [-0.25, -0.2) is 0 Å². The number of nitrogens with zero attached hydrogens (tertiary/aromatic N) is 3. The largest absolute Gasteiger partial charge is 0.457 e. The van der Waals surface area contributed by atoms with Gasteiger partial charge < -0.3 is 15.0 Å². The number of hydrogen-bond donors (Lipinski definition) is 1. The van der Waals surface area contributed by atoms with Gasteiger partial charge in [0.15, 0.2) is 0 Å². The van der Waals surface area contributed by atoms with Gasteiger partial charge in [-0.05, 0) is 87.0 Å². The molecule has 6 nitrogen and oxygen atoms in total. The van der Waals surface area contributed by atoms with Crippen LogP contribution in [-0.2, 0) is 12.8 Å². The van der Waals surface area contributed by atoms with Gasteiger partial charge in [0.05, 0.1) is 11.4 Å². The number of aliphatic imine (C=N–C) groups is 1. The lowest BCUT2D eigenvalue weighted by Gasteiger charge is -2.18. The van der Waals surface area contributed by atoms with E-state index in [0.29, 0.717) is 29.0 Å². The van der Waals surface area contributed by atoms with Crippen LogP contribution < -0.4 is 10.1 Å². The second kappa shape index (κ2) is 12.8. The van der Waals surface area contributed by atoms with Crippen LogP contribution >= 0.6 is 0 Å². The second-order valence-electron chi connectivity index (χ2n) is 10.6. The number of carbonyl (C=O) groups excluding carboxylic acids is 1. The van der Waals surface area contributed by atoms with E-state index in [1.54, 1.807) is 25.4 Å². The van der Waals surface area contributed by atoms with E-state index in [-0.39, 0.29) is 5.91 Å². The van der Waals surface area contributed by atoms with Crippen LogP contribution in [0.1, 0.15) is 60.3 Å². The maximum atomic E-state index is 11.9. The van der Waals surface area contributed by atoms with E-state index in [1.807, 2.05) is 12.1 Å². The first-order chi connectivity index (χ1) is 18.4. The third kappa shape index (κ3) is 7.07. The minimum atomic E-state index is -0.245. The molecule has 1 aliphatic heterocycles. The maximum absolute atomic E-state index is 11.9. The number of amides is 1. The van der Waals surface area contributed by atoms with Crippen LogP contribution in [0.15, 0.2) is 65.8 Å². The highest BCUT2D eigenvalue weighted by Crippen LogP contribution is 2.34. The zero-order valence-electron chi connectivity index (χ0n) is 23.3. The average molecular weight is 513 g/mol. The van der Waals surface area contributed by atoms with Gasteiger partial charge in [0.1, 0.15) is 17.2 Å². The summed E-state index contributed by atoms with van der Waals surface area (Å²) in [5, 5.41) is 2.59. The van der Waals surface area contributed by atoms with Crippen molar-refractivity contribution >= 4 is 17.3 Å². The fraction of sp³-hybridized carbons (Fsp3) is 0.406. The van der Waals surface area contributed by atoms with E-state index in [0.717, 1.165) is 37.2 Å². The highest BCUT2D eigenvalue weighted by Gasteiger charge is 2.20. The highest BCUT2D eigenvalue weighted by atomic mass is 16.5. The van der Waals surface area contributed by atoms with Gasteiger partial charge in [-0.2, -0.15) is 0 Å². The van der Waals surface area contributed by atoms with Gasteiger partial charge in [0.2, 0.25) is 0 Å². The number of hydrogen-bond acceptors (Lipinski definition) is 5. The number of pyridine rings is 1. The number of fused-ring (bicyclic) bond motifs is 1. The zero-order chi connectivity index (χ0) is 27.1. The van der Waals surface area contributed by atoms with Crippen LogP contribution in [-0.4, -0.2) is 49.2 Å². The fourth-order valence-corrected chi connectivity index (χ4v) is 4.92. The van der Waals surface area contributed by atoms with Crippen molar-refractivity contribution in [1.82, 2.24) is 15.2 Å². The van der Waals surface area contributed by atoms with E-state index in [4.69, 9.17) is 9.73 Å². The summed E-state index contributed by atoms with van der Waals surface area (Å²) in [7, 11) is 5.87. The molecule has 2 unspecified atom stereocenters. The lowest BCUT2D eigenvalue weighted by molar-refractivity contribution is 0.0958. The molecule has 1 aliphatic rings. The van der Waals surface area contributed by atoms with E-state index < -0.39 is 0 Å². The summed E-state index contributed by atoms with van der Waals surface area (Å²) in [4.78, 5) is 23.5. The zero-order valence-corrected chi connectivity index (χ0v) is 23.3. The first-order valence-electron chi connectivity index (χ1n) is 13.7. The molecule has 1 aromatic heterocycles. The number of ether oxygens (including phenoxy) is 1. The molecule has 6 heteroatoms. The first-order valence-corrected chi connectivity index (χ1v) is 13.7. The third-order valence-corrected chi connectivity index (χ3v) is 7.37. The van der Waals surface area contributed by atoms with Crippen molar-refractivity contribution in [1.29, 1.82) is 0 Å². The molecular weight excluding hydrogens is 472 g/mol. The molecule has 1 N–H and O–H groups in total. The molecule has 0 aliphatic carbocycles. The predicted molar refractivity (Wildman–Crippen MR) is 155 cm³/mol. The van der Waals surface area contributed by atoms with Gasteiger partial charge in [-0.1, -0.05) is 50.6 Å². The van der Waals surface area contributed by atoms with Gasteiger partial charge in [0, 0.05) is 25.4 Å². The molecule has 2 heterocycles. The van der Waals surface area contributed by atoms with Crippen molar-refractivity contribution in [2.45, 2.75) is 46.0 Å². The van der Waals surface area contributed by atoms with Crippen molar-refractivity contribution in [3.8, 4) is 11.5 Å². The average Bonchev–Trinajstić information content (AvgIpc) is 3.09. The molecule has 0 spiro atoms. The molecule has 4 rings (SSSR count). The molecule has 2 aromatic carbocycles. The fourth-order valence-electron chi connectivity index (χ4n) is 4.92. The van der Waals surface area contributed by atoms with Gasteiger partial charge >= 0.3 is 0 Å². The summed E-state index contributed by atoms with van der Waals surface area (Å²) in [6.07, 6.45) is 7.15. The highest BCUT2D eigenvalue weighted by molar-refractivity contribution is 6.04. The molecule has 0 radical (unpaired) electrons. The second-order valence-corrected chi connectivity index (χ2v) is 10.6. The Morgan fingerprint density at radius 1 is 1.11 bits per heavy atom. The van der Waals surface area contributed by atoms with Crippen molar-refractivity contribution in [3.05, 3.63) is 83.2 Å². The molecule has 0 saturated heterocycles. The van der Waals surface area contributed by atoms with Crippen LogP contribution in [0.4, 0.5) is 5.69 Å². The Morgan fingerprint density at radius 2 is 1.87 bits per heavy atom. The smallest absolute Gasteiger partial charge is 0.269 e. The Balaban J connectivity index is 1.54. The molecule has 2 atom stereocenters. The molecule has 1 amide bonds. The Labute approximate surface area is 227 Å². The van der Waals surface area contributed by atoms with Crippen LogP contribution in [0.25, 0.3) is 0 Å². The van der Waals surface area contributed by atoms with Crippen molar-refractivity contribution in [2.24, 2.45) is 16.8 Å². The number of rotatable bonds is 10. The molecule has 200 valence electrons. The van der Waals surface area contributed by atoms with E-state index in [9.17, 15) is 4.79 Å². The summed E-state index contributed by atoms with van der Waals surface area (Å²) >= 11 is 0. The van der Waals surface area contributed by atoms with Crippen LogP contribution in [0.3, 0.4) is 0 Å². The van der Waals surface area contributed by atoms with Gasteiger partial charge in [-0.15, -0.1) is 0 Å². The van der Waals surface area contributed by atoms with Crippen LogP contribution in [0.5, 0.6) is 11.5 Å². The monoisotopic (exact) mass is 512 g/mol. The summed E-state index contributed by atoms with van der Waals surface area (Å²) in [6, 6.07) is 18.5. The normalized spacial score (nSPS) is 15.8. The molecule has 38 heavy (non-hydrogen) atoms. The Hall–Kier alpha value is -3.51. The molecule has 0 bridgehead atoms. The van der Waals surface area contributed by atoms with E-state index in [2.05, 4.69) is 73.5 Å². The Morgan fingerprint density at radius 3 is 2.58 bits per heavy atom. The first kappa shape index (κ1) is 27.5. The molecule has 0 saturated carbocycles. The predicted octanol–water partition coefficient (Wildman–Crippen LogP) is 6.46. The number of carbonyl (C=O) groups is 1. The van der Waals surface area contributed by atoms with Crippen LogP contribution in [0, 0.1) is 11.8 Å². The molecular formula is C32H40N4O2. The van der Waals surface area contributed by atoms with Crippen molar-refractivity contribution < 1.29 is 9.53 Å². The van der Waals surface area contributed by atoms with Crippen molar-refractivity contribution in [3.63, 3.8) is 0 Å². The Bertz CT molecular complexity index is 1270. The molecule has 0 fully saturated rings. The summed E-state index contributed by atoms with van der Waals surface area (Å²) in [5.41, 5.74) is 6.19. The van der Waals surface area contributed by atoms with Crippen molar-refractivity contribution in [2.75, 3.05) is 27.7 Å². The maximum Gasteiger partial charge on any atom is 0.269 e. The topological polar surface area (TPSA) is 66.8 Å². The lowest BCUT2D eigenvalue weighted by atomic mass is 9.90.